The highest BCUT2D eigenvalue weighted by molar-refractivity contribution is 5.85. The van der Waals surface area contributed by atoms with E-state index in [2.05, 4.69) is 0 Å². The number of amides is 1. The molecular weight excluding hydrogens is 232 g/mol. The maximum Gasteiger partial charge on any atom is 0.326 e. The van der Waals surface area contributed by atoms with Crippen molar-refractivity contribution in [2.45, 2.75) is 24.9 Å². The number of benzene rings is 1. The fraction of sp³-hybridized carbons (Fsp3) is 0.385. The van der Waals surface area contributed by atoms with E-state index in [1.165, 1.54) is 4.90 Å². The van der Waals surface area contributed by atoms with Crippen LogP contribution in [0, 0.1) is 0 Å². The third kappa shape index (κ3) is 2.22. The Morgan fingerprint density at radius 2 is 1.94 bits per heavy atom. The van der Waals surface area contributed by atoms with Crippen molar-refractivity contribution in [2.24, 2.45) is 5.73 Å². The Bertz CT molecular complexity index is 447. The molecule has 1 aromatic carbocycles. The molecule has 0 unspecified atom stereocenters. The van der Waals surface area contributed by atoms with Gasteiger partial charge in [-0.25, -0.2) is 4.79 Å². The number of hydrogen-bond acceptors (Lipinski definition) is 3. The fourth-order valence-corrected chi connectivity index (χ4v) is 2.51. The van der Waals surface area contributed by atoms with Crippen LogP contribution in [0.3, 0.4) is 0 Å². The lowest BCUT2D eigenvalue weighted by Gasteiger charge is -2.28. The van der Waals surface area contributed by atoms with Crippen molar-refractivity contribution in [3.63, 3.8) is 0 Å². The number of hydrogen-bond donors (Lipinski definition) is 2. The van der Waals surface area contributed by atoms with Crippen LogP contribution in [-0.4, -0.2) is 34.5 Å². The first-order chi connectivity index (χ1) is 8.65. The number of likely N-dealkylation sites (tertiary alicyclic amines) is 1. The number of nitrogens with two attached hydrogens (primary N) is 1. The number of nitrogens with zero attached hydrogens (tertiary/aromatic N) is 1. The third-order valence-electron chi connectivity index (χ3n) is 3.32. The van der Waals surface area contributed by atoms with Crippen LogP contribution in [0.2, 0.25) is 0 Å². The molecule has 2 atom stereocenters. The highest BCUT2D eigenvalue weighted by atomic mass is 16.4. The molecule has 1 aliphatic heterocycles. The molecule has 0 aromatic heterocycles. The molecule has 1 amide bonds. The summed E-state index contributed by atoms with van der Waals surface area (Å²) in [6.07, 6.45) is 1.13. The first-order valence-corrected chi connectivity index (χ1v) is 5.94. The number of carboxylic acid groups (broad SMARTS) is 1. The minimum absolute atomic E-state index is 0.160. The van der Waals surface area contributed by atoms with Gasteiger partial charge < -0.3 is 15.7 Å². The van der Waals surface area contributed by atoms with Gasteiger partial charge in [-0.2, -0.15) is 0 Å². The standard InChI is InChI=1S/C13H16N2O3/c14-8-12(16)15-10(6-7-11(15)13(17)18)9-4-2-1-3-5-9/h1-5,10-11H,6-8,14H2,(H,17,18)/t10-,11+/m1/s1. The van der Waals surface area contributed by atoms with E-state index in [0.29, 0.717) is 12.8 Å². The van der Waals surface area contributed by atoms with Gasteiger partial charge >= 0.3 is 5.97 Å². The van der Waals surface area contributed by atoms with Crippen molar-refractivity contribution in [1.82, 2.24) is 4.90 Å². The normalized spacial score (nSPS) is 23.1. The molecule has 3 N–H and O–H groups in total. The molecule has 1 heterocycles. The Labute approximate surface area is 105 Å². The summed E-state index contributed by atoms with van der Waals surface area (Å²) in [5.41, 5.74) is 6.33. The predicted molar refractivity (Wildman–Crippen MR) is 65.7 cm³/mol. The summed E-state index contributed by atoms with van der Waals surface area (Å²) in [5, 5.41) is 9.16. The summed E-state index contributed by atoms with van der Waals surface area (Å²) < 4.78 is 0. The zero-order valence-corrected chi connectivity index (χ0v) is 9.95. The maximum atomic E-state index is 11.9. The first kappa shape index (κ1) is 12.6. The first-order valence-electron chi connectivity index (χ1n) is 5.94. The fourth-order valence-electron chi connectivity index (χ4n) is 2.51. The van der Waals surface area contributed by atoms with Gasteiger partial charge in [0.1, 0.15) is 6.04 Å². The number of carbonyl (C=O) groups excluding carboxylic acids is 1. The molecule has 1 aromatic rings. The van der Waals surface area contributed by atoms with Crippen molar-refractivity contribution < 1.29 is 14.7 Å². The molecule has 1 fully saturated rings. The smallest absolute Gasteiger partial charge is 0.326 e. The summed E-state index contributed by atoms with van der Waals surface area (Å²) in [7, 11) is 0. The monoisotopic (exact) mass is 248 g/mol. The second-order valence-electron chi connectivity index (χ2n) is 4.36. The molecule has 1 aliphatic rings. The summed E-state index contributed by atoms with van der Waals surface area (Å²) in [6, 6.07) is 8.54. The molecule has 0 spiro atoms. The molecule has 0 aliphatic carbocycles. The Morgan fingerprint density at radius 1 is 1.28 bits per heavy atom. The van der Waals surface area contributed by atoms with E-state index in [0.717, 1.165) is 5.56 Å². The quantitative estimate of drug-likeness (QED) is 0.827. The van der Waals surface area contributed by atoms with Crippen molar-refractivity contribution in [3.8, 4) is 0 Å². The van der Waals surface area contributed by atoms with Gasteiger partial charge in [0.25, 0.3) is 0 Å². The highest BCUT2D eigenvalue weighted by Crippen LogP contribution is 2.36. The van der Waals surface area contributed by atoms with E-state index in [4.69, 9.17) is 10.8 Å². The van der Waals surface area contributed by atoms with Gasteiger partial charge in [0.2, 0.25) is 5.91 Å². The van der Waals surface area contributed by atoms with Crippen molar-refractivity contribution in [2.75, 3.05) is 6.54 Å². The topological polar surface area (TPSA) is 83.6 Å². The molecule has 0 saturated carbocycles. The zero-order chi connectivity index (χ0) is 13.1. The number of carboxylic acids is 1. The van der Waals surface area contributed by atoms with Gasteiger partial charge in [-0.1, -0.05) is 30.3 Å². The van der Waals surface area contributed by atoms with E-state index < -0.39 is 12.0 Å². The van der Waals surface area contributed by atoms with E-state index in [9.17, 15) is 9.59 Å². The maximum absolute atomic E-state index is 11.9. The molecule has 5 heteroatoms. The van der Waals surface area contributed by atoms with Crippen molar-refractivity contribution in [3.05, 3.63) is 35.9 Å². The van der Waals surface area contributed by atoms with Crippen molar-refractivity contribution in [1.29, 1.82) is 0 Å². The molecule has 2 rings (SSSR count). The van der Waals surface area contributed by atoms with Crippen LogP contribution < -0.4 is 5.73 Å². The lowest BCUT2D eigenvalue weighted by atomic mass is 10.0. The zero-order valence-electron chi connectivity index (χ0n) is 9.95. The summed E-state index contributed by atoms with van der Waals surface area (Å²) in [4.78, 5) is 24.4. The van der Waals surface area contributed by atoms with Gasteiger partial charge in [-0.15, -0.1) is 0 Å². The van der Waals surface area contributed by atoms with Crippen LogP contribution in [0.15, 0.2) is 30.3 Å². The minimum atomic E-state index is -0.963. The largest absolute Gasteiger partial charge is 0.480 e. The molecule has 18 heavy (non-hydrogen) atoms. The van der Waals surface area contributed by atoms with Gasteiger partial charge in [-0.05, 0) is 18.4 Å². The number of aliphatic carboxylic acids is 1. The van der Waals surface area contributed by atoms with E-state index in [1.54, 1.807) is 0 Å². The van der Waals surface area contributed by atoms with Crippen LogP contribution >= 0.6 is 0 Å². The third-order valence-corrected chi connectivity index (χ3v) is 3.32. The Kier molecular flexibility index (Phi) is 3.62. The lowest BCUT2D eigenvalue weighted by Crippen LogP contribution is -2.44. The molecule has 0 bridgehead atoms. The molecule has 0 radical (unpaired) electrons. The van der Waals surface area contributed by atoms with Gasteiger partial charge in [-0.3, -0.25) is 4.79 Å². The number of rotatable bonds is 3. The number of carbonyl (C=O) groups is 2. The molecule has 96 valence electrons. The minimum Gasteiger partial charge on any atom is -0.480 e. The molecular formula is C13H16N2O3. The van der Waals surface area contributed by atoms with Crippen molar-refractivity contribution >= 4 is 11.9 Å². The summed E-state index contributed by atoms with van der Waals surface area (Å²) >= 11 is 0. The van der Waals surface area contributed by atoms with E-state index in [1.807, 2.05) is 30.3 Å². The summed E-state index contributed by atoms with van der Waals surface area (Å²) in [5.74, 6) is -1.27. The Balaban J connectivity index is 2.31. The Morgan fingerprint density at radius 3 is 2.50 bits per heavy atom. The second-order valence-corrected chi connectivity index (χ2v) is 4.36. The second kappa shape index (κ2) is 5.18. The van der Waals surface area contributed by atoms with Gasteiger partial charge in [0.15, 0.2) is 0 Å². The van der Waals surface area contributed by atoms with Crippen LogP contribution in [0.25, 0.3) is 0 Å². The lowest BCUT2D eigenvalue weighted by molar-refractivity contribution is -0.149. The molecule has 5 nitrogen and oxygen atoms in total. The SMILES string of the molecule is NCC(=O)N1[C@@H](c2ccccc2)CC[C@H]1C(=O)O. The average Bonchev–Trinajstić information content (AvgIpc) is 2.83. The van der Waals surface area contributed by atoms with Gasteiger partial charge in [0, 0.05) is 0 Å². The predicted octanol–water partition coefficient (Wildman–Crippen LogP) is 0.762. The van der Waals surface area contributed by atoms with Crippen LogP contribution in [0.5, 0.6) is 0 Å². The van der Waals surface area contributed by atoms with E-state index in [-0.39, 0.29) is 18.5 Å². The highest BCUT2D eigenvalue weighted by Gasteiger charge is 2.40. The van der Waals surface area contributed by atoms with Crippen LogP contribution in [0.1, 0.15) is 24.4 Å². The average molecular weight is 248 g/mol. The molecule has 1 saturated heterocycles. The van der Waals surface area contributed by atoms with E-state index >= 15 is 0 Å². The Hall–Kier alpha value is -1.88. The van der Waals surface area contributed by atoms with Gasteiger partial charge in [0.05, 0.1) is 12.6 Å². The van der Waals surface area contributed by atoms with Crippen LogP contribution in [-0.2, 0) is 9.59 Å². The summed E-state index contributed by atoms with van der Waals surface area (Å²) in [6.45, 7) is -0.160. The van der Waals surface area contributed by atoms with Crippen LogP contribution in [0.4, 0.5) is 0 Å².